The molecule has 0 aliphatic rings. The van der Waals surface area contributed by atoms with Crippen molar-refractivity contribution in [2.45, 2.75) is 19.8 Å². The molecule has 0 saturated carbocycles. The van der Waals surface area contributed by atoms with Crippen molar-refractivity contribution in [2.75, 3.05) is 18.9 Å². The first-order valence-electron chi connectivity index (χ1n) is 6.48. The van der Waals surface area contributed by atoms with Crippen LogP contribution >= 0.6 is 11.8 Å². The number of alkyl carbamates (subject to hydrolysis) is 1. The summed E-state index contributed by atoms with van der Waals surface area (Å²) >= 11 is 1.32. The molecule has 0 aliphatic carbocycles. The molecule has 0 radical (unpaired) electrons. The van der Waals surface area contributed by atoms with Gasteiger partial charge in [-0.1, -0.05) is 26.0 Å². The molecule has 0 atom stereocenters. The molecule has 0 aliphatic heterocycles. The Kier molecular flexibility index (Phi) is 7.45. The minimum absolute atomic E-state index is 0.326. The number of methoxy groups -OCH3 is 1. The molecule has 1 rings (SSSR count). The predicted octanol–water partition coefficient (Wildman–Crippen LogP) is 2.90. The molecule has 1 aromatic rings. The minimum Gasteiger partial charge on any atom is -0.453 e. The van der Waals surface area contributed by atoms with Crippen molar-refractivity contribution in [3.63, 3.8) is 0 Å². The highest BCUT2D eigenvalue weighted by atomic mass is 32.2. The van der Waals surface area contributed by atoms with E-state index in [-0.39, 0.29) is 0 Å². The van der Waals surface area contributed by atoms with Crippen LogP contribution in [-0.2, 0) is 4.74 Å². The summed E-state index contributed by atoms with van der Waals surface area (Å²) in [5.41, 5.74) is 1.11. The van der Waals surface area contributed by atoms with Crippen molar-refractivity contribution >= 4 is 23.9 Å². The number of benzene rings is 1. The molecular formula is C14H20N2O4S. The maximum Gasteiger partial charge on any atom is 0.413 e. The van der Waals surface area contributed by atoms with Gasteiger partial charge in [-0.15, -0.1) is 11.8 Å². The number of carbonyl (C=O) groups is 2. The van der Waals surface area contributed by atoms with Crippen molar-refractivity contribution in [2.24, 2.45) is 0 Å². The van der Waals surface area contributed by atoms with Gasteiger partial charge in [0.2, 0.25) is 0 Å². The van der Waals surface area contributed by atoms with E-state index in [4.69, 9.17) is 4.74 Å². The van der Waals surface area contributed by atoms with Gasteiger partial charge in [-0.25, -0.2) is 9.59 Å². The Bertz CT molecular complexity index is 480. The number of nitrogens with one attached hydrogen (secondary N) is 2. The van der Waals surface area contributed by atoms with Gasteiger partial charge in [-0.2, -0.15) is 0 Å². The molecule has 0 unspecified atom stereocenters. The molecule has 0 bridgehead atoms. The molecule has 0 spiro atoms. The number of amides is 2. The van der Waals surface area contributed by atoms with Crippen LogP contribution < -0.4 is 15.4 Å². The first-order chi connectivity index (χ1) is 10.0. The smallest absolute Gasteiger partial charge is 0.413 e. The molecule has 0 fully saturated rings. The summed E-state index contributed by atoms with van der Waals surface area (Å²) in [5, 5.41) is 5.07. The number of hydrogen-bond acceptors (Lipinski definition) is 5. The van der Waals surface area contributed by atoms with Crippen LogP contribution in [0.4, 0.5) is 9.59 Å². The zero-order valence-electron chi connectivity index (χ0n) is 12.3. The molecular weight excluding hydrogens is 292 g/mol. The molecule has 0 heterocycles. The van der Waals surface area contributed by atoms with E-state index in [0.29, 0.717) is 23.4 Å². The van der Waals surface area contributed by atoms with Crippen LogP contribution in [0.5, 0.6) is 5.75 Å². The van der Waals surface area contributed by atoms with E-state index in [1.54, 1.807) is 6.07 Å². The quantitative estimate of drug-likeness (QED) is 0.624. The second-order valence-corrected chi connectivity index (χ2v) is 5.44. The zero-order chi connectivity index (χ0) is 15.7. The lowest BCUT2D eigenvalue weighted by atomic mass is 10.0. The fourth-order valence-electron chi connectivity index (χ4n) is 1.42. The summed E-state index contributed by atoms with van der Waals surface area (Å²) in [6.07, 6.45) is -1.03. The Hall–Kier alpha value is -1.89. The lowest BCUT2D eigenvalue weighted by Gasteiger charge is -2.09. The van der Waals surface area contributed by atoms with E-state index in [9.17, 15) is 9.59 Å². The summed E-state index contributed by atoms with van der Waals surface area (Å²) in [4.78, 5) is 22.4. The van der Waals surface area contributed by atoms with E-state index >= 15 is 0 Å². The fraction of sp³-hybridized carbons (Fsp3) is 0.429. The molecule has 2 N–H and O–H groups in total. The Balaban J connectivity index is 2.27. The standard InChI is InChI=1S/C14H20N2O4S/c1-10(2)11-5-4-6-12(7-11)20-14(18)16-9-21-8-15-13(17)19-3/h4-7,10H,8-9H2,1-3H3,(H,15,17)(H,16,18). The first kappa shape index (κ1) is 17.2. The van der Waals surface area contributed by atoms with Gasteiger partial charge in [0, 0.05) is 0 Å². The Morgan fingerprint density at radius 2 is 1.86 bits per heavy atom. The SMILES string of the molecule is COC(=O)NCSCNC(=O)Oc1cccc(C(C)C)c1. The fourth-order valence-corrected chi connectivity index (χ4v) is 1.97. The van der Waals surface area contributed by atoms with Crippen LogP contribution in [-0.4, -0.2) is 31.0 Å². The van der Waals surface area contributed by atoms with Crippen LogP contribution in [0.3, 0.4) is 0 Å². The molecule has 6 nitrogen and oxygen atoms in total. The largest absolute Gasteiger partial charge is 0.453 e. The van der Waals surface area contributed by atoms with Gasteiger partial charge >= 0.3 is 12.2 Å². The van der Waals surface area contributed by atoms with Gasteiger partial charge in [0.1, 0.15) is 5.75 Å². The maximum atomic E-state index is 11.6. The number of thioether (sulfide) groups is 1. The molecule has 2 amide bonds. The highest BCUT2D eigenvalue weighted by Gasteiger charge is 2.06. The molecule has 21 heavy (non-hydrogen) atoms. The van der Waals surface area contributed by atoms with Crippen LogP contribution in [0.15, 0.2) is 24.3 Å². The summed E-state index contributed by atoms with van der Waals surface area (Å²) in [7, 11) is 1.29. The summed E-state index contributed by atoms with van der Waals surface area (Å²) in [5.74, 6) is 1.55. The number of rotatable bonds is 6. The van der Waals surface area contributed by atoms with Gasteiger partial charge in [-0.3, -0.25) is 0 Å². The second-order valence-electron chi connectivity index (χ2n) is 4.45. The van der Waals surface area contributed by atoms with E-state index in [2.05, 4.69) is 29.2 Å². The predicted molar refractivity (Wildman–Crippen MR) is 82.6 cm³/mol. The van der Waals surface area contributed by atoms with Crippen LogP contribution in [0.2, 0.25) is 0 Å². The van der Waals surface area contributed by atoms with Crippen molar-refractivity contribution in [1.29, 1.82) is 0 Å². The van der Waals surface area contributed by atoms with E-state index in [1.807, 2.05) is 18.2 Å². The molecule has 1 aromatic carbocycles. The monoisotopic (exact) mass is 312 g/mol. The normalized spacial score (nSPS) is 10.1. The summed E-state index contributed by atoms with van der Waals surface area (Å²) in [6.45, 7) is 4.15. The van der Waals surface area contributed by atoms with Crippen LogP contribution in [0.1, 0.15) is 25.3 Å². The highest BCUT2D eigenvalue weighted by molar-refractivity contribution is 7.99. The summed E-state index contributed by atoms with van der Waals surface area (Å²) in [6, 6.07) is 7.42. The van der Waals surface area contributed by atoms with Gasteiger partial charge in [0.05, 0.1) is 18.9 Å². The van der Waals surface area contributed by atoms with E-state index < -0.39 is 12.2 Å². The number of hydrogen-bond donors (Lipinski definition) is 2. The third kappa shape index (κ3) is 6.89. The minimum atomic E-state index is -0.526. The van der Waals surface area contributed by atoms with Gasteiger partial charge < -0.3 is 20.1 Å². The Morgan fingerprint density at radius 3 is 2.48 bits per heavy atom. The molecule has 116 valence electrons. The van der Waals surface area contributed by atoms with Crippen molar-refractivity contribution in [3.8, 4) is 5.75 Å². The number of carbonyl (C=O) groups excluding carboxylic acids is 2. The number of ether oxygens (including phenoxy) is 2. The average molecular weight is 312 g/mol. The third-order valence-electron chi connectivity index (χ3n) is 2.56. The van der Waals surface area contributed by atoms with Crippen LogP contribution in [0.25, 0.3) is 0 Å². The van der Waals surface area contributed by atoms with E-state index in [0.717, 1.165) is 5.56 Å². The first-order valence-corrected chi connectivity index (χ1v) is 7.63. The van der Waals surface area contributed by atoms with Crippen LogP contribution in [0, 0.1) is 0 Å². The molecule has 0 aromatic heterocycles. The lowest BCUT2D eigenvalue weighted by molar-refractivity contribution is 0.173. The maximum absolute atomic E-state index is 11.6. The zero-order valence-corrected chi connectivity index (χ0v) is 13.2. The lowest BCUT2D eigenvalue weighted by Crippen LogP contribution is -2.28. The Morgan fingerprint density at radius 1 is 1.19 bits per heavy atom. The molecule has 7 heteroatoms. The average Bonchev–Trinajstić information content (AvgIpc) is 2.46. The summed E-state index contributed by atoms with van der Waals surface area (Å²) < 4.78 is 9.59. The van der Waals surface area contributed by atoms with Crippen molar-refractivity contribution < 1.29 is 19.1 Å². The second kappa shape index (κ2) is 9.12. The van der Waals surface area contributed by atoms with Crippen molar-refractivity contribution in [1.82, 2.24) is 10.6 Å². The van der Waals surface area contributed by atoms with Crippen molar-refractivity contribution in [3.05, 3.63) is 29.8 Å². The van der Waals surface area contributed by atoms with Gasteiger partial charge in [0.25, 0.3) is 0 Å². The van der Waals surface area contributed by atoms with Gasteiger partial charge in [0.15, 0.2) is 0 Å². The molecule has 0 saturated heterocycles. The Labute approximate surface area is 128 Å². The highest BCUT2D eigenvalue weighted by Crippen LogP contribution is 2.20. The van der Waals surface area contributed by atoms with E-state index in [1.165, 1.54) is 18.9 Å². The van der Waals surface area contributed by atoms with Gasteiger partial charge in [-0.05, 0) is 23.6 Å². The third-order valence-corrected chi connectivity index (χ3v) is 3.25. The topological polar surface area (TPSA) is 76.7 Å².